The van der Waals surface area contributed by atoms with Gasteiger partial charge in [-0.25, -0.2) is 0 Å². The van der Waals surface area contributed by atoms with Crippen molar-refractivity contribution in [3.8, 4) is 22.3 Å². The standard InChI is InChI=1S/C25H15Cl/c26-23-15-7-11-19-18-10-3-6-14-22(18)25(24(19)23)20-12-4-1-8-16(20)17-9-2-5-13-21(17)25/h1-15H. The number of hydrogen-bond acceptors (Lipinski definition) is 0. The van der Waals surface area contributed by atoms with Gasteiger partial charge in [0, 0.05) is 5.02 Å². The SMILES string of the molecule is Clc1cccc2c1C1(c3ccccc3-c3ccccc31)c1ccccc1-2. The third kappa shape index (κ3) is 1.48. The Morgan fingerprint density at radius 2 is 0.885 bits per heavy atom. The van der Waals surface area contributed by atoms with Gasteiger partial charge in [0.25, 0.3) is 0 Å². The number of halogens is 1. The summed E-state index contributed by atoms with van der Waals surface area (Å²) in [6, 6.07) is 32.6. The smallest absolute Gasteiger partial charge is 0.0740 e. The Hall–Kier alpha value is -2.83. The van der Waals surface area contributed by atoms with Crippen molar-refractivity contribution in [3.05, 3.63) is 118 Å². The zero-order valence-electron chi connectivity index (χ0n) is 14.0. The zero-order chi connectivity index (χ0) is 17.3. The quantitative estimate of drug-likeness (QED) is 0.286. The molecule has 0 N–H and O–H groups in total. The van der Waals surface area contributed by atoms with Crippen LogP contribution in [0.4, 0.5) is 0 Å². The average molecular weight is 351 g/mol. The first kappa shape index (κ1) is 14.4. The van der Waals surface area contributed by atoms with Crippen LogP contribution in [0.25, 0.3) is 22.3 Å². The maximum Gasteiger partial charge on any atom is 0.0740 e. The first-order valence-electron chi connectivity index (χ1n) is 8.92. The van der Waals surface area contributed by atoms with Crippen molar-refractivity contribution in [2.45, 2.75) is 5.41 Å². The van der Waals surface area contributed by atoms with Crippen LogP contribution in [-0.4, -0.2) is 0 Å². The topological polar surface area (TPSA) is 0 Å². The van der Waals surface area contributed by atoms with Gasteiger partial charge in [-0.05, 0) is 50.6 Å². The van der Waals surface area contributed by atoms with Crippen LogP contribution in [0.3, 0.4) is 0 Å². The second-order valence-corrected chi connectivity index (χ2v) is 7.46. The van der Waals surface area contributed by atoms with E-state index in [1.165, 1.54) is 44.5 Å². The third-order valence-corrected chi connectivity index (χ3v) is 6.28. The van der Waals surface area contributed by atoms with E-state index < -0.39 is 0 Å². The molecule has 0 unspecified atom stereocenters. The molecule has 1 heteroatoms. The van der Waals surface area contributed by atoms with Crippen LogP contribution >= 0.6 is 11.6 Å². The van der Waals surface area contributed by atoms with Crippen molar-refractivity contribution in [2.24, 2.45) is 0 Å². The molecule has 0 fully saturated rings. The molecule has 0 bridgehead atoms. The Bertz CT molecular complexity index is 1140. The maximum absolute atomic E-state index is 6.86. The lowest BCUT2D eigenvalue weighted by atomic mass is 9.70. The Kier molecular flexibility index (Phi) is 2.69. The third-order valence-electron chi connectivity index (χ3n) is 5.96. The Balaban J connectivity index is 1.90. The minimum atomic E-state index is -0.322. The largest absolute Gasteiger partial charge is 0.0840 e. The van der Waals surface area contributed by atoms with Crippen LogP contribution in [0, 0.1) is 0 Å². The van der Waals surface area contributed by atoms with E-state index in [0.717, 1.165) is 5.02 Å². The van der Waals surface area contributed by atoms with Gasteiger partial charge >= 0.3 is 0 Å². The number of benzene rings is 4. The molecule has 0 saturated heterocycles. The van der Waals surface area contributed by atoms with Crippen LogP contribution in [0.15, 0.2) is 91.0 Å². The molecular weight excluding hydrogens is 336 g/mol. The van der Waals surface area contributed by atoms with Crippen molar-refractivity contribution in [2.75, 3.05) is 0 Å². The summed E-state index contributed by atoms with van der Waals surface area (Å²) in [7, 11) is 0. The van der Waals surface area contributed by atoms with Gasteiger partial charge in [0.1, 0.15) is 0 Å². The van der Waals surface area contributed by atoms with Gasteiger partial charge in [-0.2, -0.15) is 0 Å². The molecular formula is C25H15Cl. The van der Waals surface area contributed by atoms with Crippen molar-refractivity contribution in [1.82, 2.24) is 0 Å². The predicted octanol–water partition coefficient (Wildman–Crippen LogP) is 6.68. The van der Waals surface area contributed by atoms with E-state index in [4.69, 9.17) is 11.6 Å². The molecule has 6 rings (SSSR count). The van der Waals surface area contributed by atoms with E-state index in [1.807, 2.05) is 6.07 Å². The normalized spacial score (nSPS) is 14.7. The monoisotopic (exact) mass is 350 g/mol. The predicted molar refractivity (Wildman–Crippen MR) is 108 cm³/mol. The fourth-order valence-corrected chi connectivity index (χ4v) is 5.42. The molecule has 26 heavy (non-hydrogen) atoms. The fourth-order valence-electron chi connectivity index (χ4n) is 5.10. The molecule has 0 amide bonds. The molecule has 0 aromatic heterocycles. The van der Waals surface area contributed by atoms with Gasteiger partial charge in [-0.1, -0.05) is 96.5 Å². The van der Waals surface area contributed by atoms with Gasteiger partial charge in [0.05, 0.1) is 5.41 Å². The summed E-state index contributed by atoms with van der Waals surface area (Å²) in [4.78, 5) is 0. The molecule has 1 spiro atoms. The van der Waals surface area contributed by atoms with Crippen LogP contribution < -0.4 is 0 Å². The molecule has 122 valence electrons. The van der Waals surface area contributed by atoms with Crippen molar-refractivity contribution < 1.29 is 0 Å². The Morgan fingerprint density at radius 3 is 1.42 bits per heavy atom. The highest BCUT2D eigenvalue weighted by atomic mass is 35.5. The summed E-state index contributed by atoms with van der Waals surface area (Å²) in [5.74, 6) is 0. The summed E-state index contributed by atoms with van der Waals surface area (Å²) >= 11 is 6.86. The molecule has 4 aromatic carbocycles. The van der Waals surface area contributed by atoms with Crippen LogP contribution in [0.5, 0.6) is 0 Å². The van der Waals surface area contributed by atoms with Crippen molar-refractivity contribution in [3.63, 3.8) is 0 Å². The second kappa shape index (κ2) is 4.87. The summed E-state index contributed by atoms with van der Waals surface area (Å²) in [5.41, 5.74) is 10.1. The van der Waals surface area contributed by atoms with Crippen LogP contribution in [-0.2, 0) is 5.41 Å². The fraction of sp³-hybridized carbons (Fsp3) is 0.0400. The molecule has 0 atom stereocenters. The molecule has 0 heterocycles. The highest BCUT2D eigenvalue weighted by Crippen LogP contribution is 2.63. The summed E-state index contributed by atoms with van der Waals surface area (Å²) in [6.45, 7) is 0. The molecule has 4 aromatic rings. The van der Waals surface area contributed by atoms with Gasteiger partial charge < -0.3 is 0 Å². The highest BCUT2D eigenvalue weighted by Gasteiger charge is 2.52. The lowest BCUT2D eigenvalue weighted by Crippen LogP contribution is -2.26. The Morgan fingerprint density at radius 1 is 0.462 bits per heavy atom. The zero-order valence-corrected chi connectivity index (χ0v) is 14.8. The van der Waals surface area contributed by atoms with E-state index in [-0.39, 0.29) is 5.41 Å². The lowest BCUT2D eigenvalue weighted by molar-refractivity contribution is 0.794. The van der Waals surface area contributed by atoms with Crippen LogP contribution in [0.1, 0.15) is 22.3 Å². The molecule has 0 nitrogen and oxygen atoms in total. The molecule has 2 aliphatic rings. The van der Waals surface area contributed by atoms with Crippen molar-refractivity contribution >= 4 is 11.6 Å². The minimum Gasteiger partial charge on any atom is -0.0840 e. The van der Waals surface area contributed by atoms with Gasteiger partial charge in [0.2, 0.25) is 0 Å². The van der Waals surface area contributed by atoms with E-state index in [0.29, 0.717) is 0 Å². The number of hydrogen-bond donors (Lipinski definition) is 0. The minimum absolute atomic E-state index is 0.322. The summed E-state index contributed by atoms with van der Waals surface area (Å²) < 4.78 is 0. The summed E-state index contributed by atoms with van der Waals surface area (Å²) in [5, 5.41) is 0.838. The number of fused-ring (bicyclic) bond motifs is 10. The van der Waals surface area contributed by atoms with Crippen LogP contribution in [0.2, 0.25) is 5.02 Å². The second-order valence-electron chi connectivity index (χ2n) is 7.05. The molecule has 0 radical (unpaired) electrons. The van der Waals surface area contributed by atoms with E-state index in [2.05, 4.69) is 84.9 Å². The lowest BCUT2D eigenvalue weighted by Gasteiger charge is -2.31. The van der Waals surface area contributed by atoms with Crippen molar-refractivity contribution in [1.29, 1.82) is 0 Å². The first-order chi connectivity index (χ1) is 12.8. The van der Waals surface area contributed by atoms with E-state index >= 15 is 0 Å². The maximum atomic E-state index is 6.86. The van der Waals surface area contributed by atoms with Gasteiger partial charge in [-0.3, -0.25) is 0 Å². The molecule has 0 saturated carbocycles. The Labute approximate surface area is 157 Å². The summed E-state index contributed by atoms with van der Waals surface area (Å²) in [6.07, 6.45) is 0. The van der Waals surface area contributed by atoms with E-state index in [9.17, 15) is 0 Å². The molecule has 2 aliphatic carbocycles. The van der Waals surface area contributed by atoms with E-state index in [1.54, 1.807) is 0 Å². The van der Waals surface area contributed by atoms with Gasteiger partial charge in [-0.15, -0.1) is 0 Å². The molecule has 0 aliphatic heterocycles. The average Bonchev–Trinajstić information content (AvgIpc) is 3.16. The number of rotatable bonds is 0. The highest BCUT2D eigenvalue weighted by molar-refractivity contribution is 6.32. The van der Waals surface area contributed by atoms with Gasteiger partial charge in [0.15, 0.2) is 0 Å². The first-order valence-corrected chi connectivity index (χ1v) is 9.29.